The van der Waals surface area contributed by atoms with E-state index in [9.17, 15) is 0 Å². The van der Waals surface area contributed by atoms with Crippen molar-refractivity contribution in [3.63, 3.8) is 0 Å². The Balaban J connectivity index is 1.57. The number of hydrogen-bond acceptors (Lipinski definition) is 6. The van der Waals surface area contributed by atoms with Gasteiger partial charge in [-0.2, -0.15) is 9.61 Å². The average molecular weight is 388 g/mol. The SMILES string of the molecule is C=CCOc1ccc(-c2nn3c(-c4c(C)nc5ccccn45)nnc3s2)cc1. The summed E-state index contributed by atoms with van der Waals surface area (Å²) in [6, 6.07) is 13.7. The highest BCUT2D eigenvalue weighted by molar-refractivity contribution is 7.19. The second kappa shape index (κ2) is 6.58. The van der Waals surface area contributed by atoms with Crippen molar-refractivity contribution in [1.82, 2.24) is 29.2 Å². The van der Waals surface area contributed by atoms with Gasteiger partial charge in [-0.05, 0) is 43.3 Å². The molecule has 0 unspecified atom stereocenters. The maximum atomic E-state index is 5.54. The van der Waals surface area contributed by atoms with E-state index in [-0.39, 0.29) is 0 Å². The van der Waals surface area contributed by atoms with Crippen LogP contribution in [0.4, 0.5) is 0 Å². The quantitative estimate of drug-likeness (QED) is 0.425. The van der Waals surface area contributed by atoms with Gasteiger partial charge >= 0.3 is 0 Å². The molecule has 138 valence electrons. The molecule has 0 aliphatic carbocycles. The van der Waals surface area contributed by atoms with Crippen LogP contribution in [0.5, 0.6) is 5.75 Å². The van der Waals surface area contributed by atoms with Crippen molar-refractivity contribution in [2.45, 2.75) is 6.92 Å². The van der Waals surface area contributed by atoms with Gasteiger partial charge in [0, 0.05) is 11.8 Å². The van der Waals surface area contributed by atoms with Gasteiger partial charge in [0.25, 0.3) is 0 Å². The lowest BCUT2D eigenvalue weighted by Gasteiger charge is -2.03. The van der Waals surface area contributed by atoms with Gasteiger partial charge in [-0.3, -0.25) is 4.40 Å². The van der Waals surface area contributed by atoms with E-state index < -0.39 is 0 Å². The van der Waals surface area contributed by atoms with Crippen LogP contribution in [0.3, 0.4) is 0 Å². The second-order valence-corrected chi connectivity index (χ2v) is 7.18. The summed E-state index contributed by atoms with van der Waals surface area (Å²) in [4.78, 5) is 5.35. The van der Waals surface area contributed by atoms with Crippen molar-refractivity contribution in [3.05, 3.63) is 67.0 Å². The van der Waals surface area contributed by atoms with Crippen molar-refractivity contribution in [2.75, 3.05) is 6.61 Å². The Kier molecular flexibility index (Phi) is 3.91. The molecule has 0 radical (unpaired) electrons. The first-order valence-electron chi connectivity index (χ1n) is 8.75. The Labute approximate surface area is 164 Å². The Morgan fingerprint density at radius 3 is 2.82 bits per heavy atom. The van der Waals surface area contributed by atoms with Crippen molar-refractivity contribution >= 4 is 21.9 Å². The Morgan fingerprint density at radius 2 is 2.00 bits per heavy atom. The van der Waals surface area contributed by atoms with Crippen molar-refractivity contribution in [3.8, 4) is 27.8 Å². The Hall–Kier alpha value is -3.52. The smallest absolute Gasteiger partial charge is 0.235 e. The summed E-state index contributed by atoms with van der Waals surface area (Å²) in [5.41, 5.74) is 3.66. The van der Waals surface area contributed by atoms with E-state index in [1.807, 2.05) is 60.0 Å². The van der Waals surface area contributed by atoms with Crippen LogP contribution in [-0.2, 0) is 0 Å². The van der Waals surface area contributed by atoms with Gasteiger partial charge in [0.2, 0.25) is 10.8 Å². The molecule has 4 aromatic heterocycles. The molecule has 0 fully saturated rings. The van der Waals surface area contributed by atoms with Crippen LogP contribution < -0.4 is 4.74 Å². The maximum Gasteiger partial charge on any atom is 0.235 e. The molecule has 0 saturated carbocycles. The third-order valence-corrected chi connectivity index (χ3v) is 5.32. The molecule has 1 aromatic carbocycles. The van der Waals surface area contributed by atoms with E-state index in [4.69, 9.17) is 9.84 Å². The number of fused-ring (bicyclic) bond motifs is 2. The first-order chi connectivity index (χ1) is 13.7. The number of pyridine rings is 1. The summed E-state index contributed by atoms with van der Waals surface area (Å²) in [6.45, 7) is 6.11. The molecule has 0 aliphatic heterocycles. The first kappa shape index (κ1) is 16.6. The highest BCUT2D eigenvalue weighted by atomic mass is 32.1. The summed E-state index contributed by atoms with van der Waals surface area (Å²) in [6.07, 6.45) is 3.70. The molecule has 5 rings (SSSR count). The van der Waals surface area contributed by atoms with Crippen LogP contribution in [0.15, 0.2) is 61.3 Å². The number of ether oxygens (including phenoxy) is 1. The predicted molar refractivity (Wildman–Crippen MR) is 109 cm³/mol. The van der Waals surface area contributed by atoms with Crippen LogP contribution in [0.25, 0.3) is 32.7 Å². The molecule has 0 amide bonds. The summed E-state index contributed by atoms with van der Waals surface area (Å²) < 4.78 is 9.33. The third-order valence-electron chi connectivity index (χ3n) is 4.38. The average Bonchev–Trinajstić information content (AvgIpc) is 3.38. The molecular formula is C20H16N6OS. The van der Waals surface area contributed by atoms with Gasteiger partial charge < -0.3 is 4.74 Å². The third kappa shape index (κ3) is 2.66. The predicted octanol–water partition coefficient (Wildman–Crippen LogP) is 4.04. The molecule has 4 heterocycles. The fraction of sp³-hybridized carbons (Fsp3) is 0.100. The van der Waals surface area contributed by atoms with Gasteiger partial charge in [0.1, 0.15) is 28.7 Å². The number of hydrogen-bond donors (Lipinski definition) is 0. The van der Waals surface area contributed by atoms with Crippen molar-refractivity contribution in [1.29, 1.82) is 0 Å². The second-order valence-electron chi connectivity index (χ2n) is 6.22. The highest BCUT2D eigenvalue weighted by Gasteiger charge is 2.20. The molecule has 0 atom stereocenters. The van der Waals surface area contributed by atoms with Crippen molar-refractivity contribution < 1.29 is 4.74 Å². The maximum absolute atomic E-state index is 5.54. The molecule has 0 aliphatic rings. The molecule has 28 heavy (non-hydrogen) atoms. The monoisotopic (exact) mass is 388 g/mol. The van der Waals surface area contributed by atoms with Gasteiger partial charge in [-0.15, -0.1) is 10.2 Å². The minimum atomic E-state index is 0.484. The van der Waals surface area contributed by atoms with Gasteiger partial charge in [-0.1, -0.05) is 30.1 Å². The van der Waals surface area contributed by atoms with E-state index in [0.717, 1.165) is 38.3 Å². The molecular weight excluding hydrogens is 372 g/mol. The normalized spacial score (nSPS) is 11.3. The number of nitrogens with zero attached hydrogens (tertiary/aromatic N) is 6. The number of imidazole rings is 1. The Morgan fingerprint density at radius 1 is 1.14 bits per heavy atom. The largest absolute Gasteiger partial charge is 0.490 e. The minimum Gasteiger partial charge on any atom is -0.490 e. The van der Waals surface area contributed by atoms with E-state index >= 15 is 0 Å². The number of rotatable bonds is 5. The zero-order valence-electron chi connectivity index (χ0n) is 15.1. The lowest BCUT2D eigenvalue weighted by molar-refractivity contribution is 0.363. The summed E-state index contributed by atoms with van der Waals surface area (Å²) in [7, 11) is 0. The zero-order chi connectivity index (χ0) is 19.1. The fourth-order valence-electron chi connectivity index (χ4n) is 3.11. The molecule has 0 saturated heterocycles. The van der Waals surface area contributed by atoms with E-state index in [1.54, 1.807) is 10.6 Å². The van der Waals surface area contributed by atoms with Gasteiger partial charge in [0.05, 0.1) is 5.69 Å². The first-order valence-corrected chi connectivity index (χ1v) is 9.56. The van der Waals surface area contributed by atoms with Crippen LogP contribution >= 0.6 is 11.3 Å². The van der Waals surface area contributed by atoms with Crippen LogP contribution in [0.2, 0.25) is 0 Å². The van der Waals surface area contributed by atoms with E-state index in [2.05, 4.69) is 21.8 Å². The van der Waals surface area contributed by atoms with Crippen LogP contribution in [0, 0.1) is 6.92 Å². The molecule has 0 bridgehead atoms. The van der Waals surface area contributed by atoms with E-state index in [1.165, 1.54) is 11.3 Å². The molecule has 8 heteroatoms. The summed E-state index contributed by atoms with van der Waals surface area (Å²) in [5, 5.41) is 14.3. The number of benzene rings is 1. The van der Waals surface area contributed by atoms with Crippen LogP contribution in [-0.4, -0.2) is 35.8 Å². The number of aryl methyl sites for hydroxylation is 1. The van der Waals surface area contributed by atoms with Gasteiger partial charge in [0.15, 0.2) is 0 Å². The molecule has 7 nitrogen and oxygen atoms in total. The van der Waals surface area contributed by atoms with Gasteiger partial charge in [-0.25, -0.2) is 4.98 Å². The lowest BCUT2D eigenvalue weighted by Crippen LogP contribution is -1.96. The minimum absolute atomic E-state index is 0.484. The summed E-state index contributed by atoms with van der Waals surface area (Å²) in [5.74, 6) is 1.48. The molecule has 5 aromatic rings. The summed E-state index contributed by atoms with van der Waals surface area (Å²) >= 11 is 1.50. The van der Waals surface area contributed by atoms with Crippen LogP contribution in [0.1, 0.15) is 5.69 Å². The van der Waals surface area contributed by atoms with Crippen molar-refractivity contribution in [2.24, 2.45) is 0 Å². The van der Waals surface area contributed by atoms with E-state index in [0.29, 0.717) is 12.4 Å². The zero-order valence-corrected chi connectivity index (χ0v) is 15.9. The fourth-order valence-corrected chi connectivity index (χ4v) is 3.96. The number of aromatic nitrogens is 6. The lowest BCUT2D eigenvalue weighted by atomic mass is 10.2. The highest BCUT2D eigenvalue weighted by Crippen LogP contribution is 2.30. The Bertz CT molecular complexity index is 1300. The molecule has 0 spiro atoms. The molecule has 0 N–H and O–H groups in total. The standard InChI is InChI=1S/C20H16N6OS/c1-3-12-27-15-9-7-14(8-10-15)19-24-26-18(22-23-20(26)28-19)17-13(2)21-16-6-4-5-11-25(16)17/h3-11H,1,12H2,2H3. The topological polar surface area (TPSA) is 69.6 Å².